The highest BCUT2D eigenvalue weighted by Gasteiger charge is 2.20. The number of aromatic hydroxyl groups is 1. The van der Waals surface area contributed by atoms with Crippen LogP contribution in [0.4, 0.5) is 5.69 Å². The van der Waals surface area contributed by atoms with Crippen LogP contribution in [0, 0.1) is 6.92 Å². The van der Waals surface area contributed by atoms with Gasteiger partial charge in [0.15, 0.2) is 0 Å². The number of hydrogen-bond donors (Lipinski definition) is 2. The molecule has 0 radical (unpaired) electrons. The Morgan fingerprint density at radius 3 is 2.58 bits per heavy atom. The quantitative estimate of drug-likeness (QED) is 0.557. The smallest absolute Gasteiger partial charge is 0.147 e. The van der Waals surface area contributed by atoms with Gasteiger partial charge in [-0.25, -0.2) is 0 Å². The van der Waals surface area contributed by atoms with Gasteiger partial charge in [-0.2, -0.15) is 0 Å². The number of phenolic OH excluding ortho intramolecular Hbond substituents is 1. The number of pyridine rings is 2. The van der Waals surface area contributed by atoms with Gasteiger partial charge in [0, 0.05) is 29.0 Å². The first-order chi connectivity index (χ1) is 12.7. The average Bonchev–Trinajstić information content (AvgIpc) is 2.68. The van der Waals surface area contributed by atoms with Gasteiger partial charge in [0.25, 0.3) is 0 Å². The summed E-state index contributed by atoms with van der Waals surface area (Å²) in [6, 6.07) is 21.4. The highest BCUT2D eigenvalue weighted by Crippen LogP contribution is 2.35. The fourth-order valence-electron chi connectivity index (χ4n) is 3.14. The Bertz CT molecular complexity index is 1050. The highest BCUT2D eigenvalue weighted by atomic mass is 16.3. The predicted molar refractivity (Wildman–Crippen MR) is 104 cm³/mol. The maximum Gasteiger partial charge on any atom is 0.147 e. The Hall–Kier alpha value is -3.40. The summed E-state index contributed by atoms with van der Waals surface area (Å²) in [4.78, 5) is 8.84. The third kappa shape index (κ3) is 3.09. The van der Waals surface area contributed by atoms with E-state index in [0.717, 1.165) is 22.3 Å². The minimum absolute atomic E-state index is 0.180. The molecule has 0 aliphatic heterocycles. The van der Waals surface area contributed by atoms with Crippen LogP contribution in [0.15, 0.2) is 79.1 Å². The Morgan fingerprint density at radius 2 is 1.77 bits per heavy atom. The summed E-state index contributed by atoms with van der Waals surface area (Å²) in [5, 5.41) is 15.3. The van der Waals surface area contributed by atoms with E-state index in [4.69, 9.17) is 0 Å². The van der Waals surface area contributed by atoms with E-state index in [1.807, 2.05) is 54.6 Å². The molecule has 0 fully saturated rings. The van der Waals surface area contributed by atoms with Crippen LogP contribution in [0.3, 0.4) is 0 Å². The van der Waals surface area contributed by atoms with Crippen molar-refractivity contribution in [2.24, 2.45) is 0 Å². The zero-order valence-electron chi connectivity index (χ0n) is 14.4. The Kier molecular flexibility index (Phi) is 4.23. The molecule has 2 N–H and O–H groups in total. The molecule has 0 aliphatic rings. The summed E-state index contributed by atoms with van der Waals surface area (Å²) < 4.78 is 0. The fraction of sp³-hybridized carbons (Fsp3) is 0.0909. The molecule has 4 heteroatoms. The zero-order valence-corrected chi connectivity index (χ0v) is 14.4. The average molecular weight is 341 g/mol. The molecule has 0 aliphatic carbocycles. The molecule has 0 bridgehead atoms. The van der Waals surface area contributed by atoms with Crippen LogP contribution in [-0.4, -0.2) is 15.1 Å². The van der Waals surface area contributed by atoms with E-state index in [1.165, 1.54) is 5.56 Å². The van der Waals surface area contributed by atoms with Crippen molar-refractivity contribution in [1.82, 2.24) is 9.97 Å². The fourth-order valence-corrected chi connectivity index (χ4v) is 3.14. The van der Waals surface area contributed by atoms with Crippen LogP contribution in [-0.2, 0) is 0 Å². The van der Waals surface area contributed by atoms with Crippen LogP contribution >= 0.6 is 0 Å². The minimum atomic E-state index is -0.288. The van der Waals surface area contributed by atoms with Gasteiger partial charge in [-0.3, -0.25) is 9.97 Å². The van der Waals surface area contributed by atoms with Crippen LogP contribution in [0.5, 0.6) is 5.75 Å². The van der Waals surface area contributed by atoms with Crippen molar-refractivity contribution in [2.75, 3.05) is 5.32 Å². The minimum Gasteiger partial charge on any atom is -0.505 e. The molecule has 128 valence electrons. The van der Waals surface area contributed by atoms with Crippen molar-refractivity contribution in [3.05, 3.63) is 95.9 Å². The van der Waals surface area contributed by atoms with E-state index in [9.17, 15) is 5.11 Å². The third-order valence-electron chi connectivity index (χ3n) is 4.40. The van der Waals surface area contributed by atoms with Crippen molar-refractivity contribution in [2.45, 2.75) is 13.0 Å². The van der Waals surface area contributed by atoms with Crippen LogP contribution in [0.2, 0.25) is 0 Å². The number of phenols is 1. The number of anilines is 1. The first-order valence-corrected chi connectivity index (χ1v) is 8.53. The lowest BCUT2D eigenvalue weighted by Gasteiger charge is -2.22. The molecule has 26 heavy (non-hydrogen) atoms. The van der Waals surface area contributed by atoms with E-state index in [0.29, 0.717) is 5.52 Å². The van der Waals surface area contributed by atoms with Gasteiger partial charge >= 0.3 is 0 Å². The summed E-state index contributed by atoms with van der Waals surface area (Å²) >= 11 is 0. The molecular weight excluding hydrogens is 322 g/mol. The maximum absolute atomic E-state index is 10.9. The standard InChI is InChI=1S/C22H19N3O/c1-15-6-4-8-17(14-15)25-21(19-9-2-3-12-23-19)18-11-10-16-7-5-13-24-20(16)22(18)26/h2-14,21,25-26H,1H3. The number of benzene rings is 2. The molecule has 1 unspecified atom stereocenters. The Balaban J connectivity index is 1.84. The number of rotatable bonds is 4. The summed E-state index contributed by atoms with van der Waals surface area (Å²) in [7, 11) is 0. The lowest BCUT2D eigenvalue weighted by atomic mass is 9.99. The predicted octanol–water partition coefficient (Wildman–Crippen LogP) is 4.85. The van der Waals surface area contributed by atoms with Crippen molar-refractivity contribution < 1.29 is 5.11 Å². The third-order valence-corrected chi connectivity index (χ3v) is 4.40. The van der Waals surface area contributed by atoms with Crippen LogP contribution in [0.25, 0.3) is 10.9 Å². The van der Waals surface area contributed by atoms with Gasteiger partial charge in [0.1, 0.15) is 11.3 Å². The van der Waals surface area contributed by atoms with E-state index < -0.39 is 0 Å². The molecule has 2 aromatic heterocycles. The molecule has 0 saturated carbocycles. The molecule has 2 aromatic carbocycles. The molecule has 4 aromatic rings. The zero-order chi connectivity index (χ0) is 17.9. The number of hydrogen-bond acceptors (Lipinski definition) is 4. The molecular formula is C22H19N3O. The van der Waals surface area contributed by atoms with Crippen LogP contribution < -0.4 is 5.32 Å². The Labute approximate surface area is 152 Å². The topological polar surface area (TPSA) is 58.0 Å². The van der Waals surface area contributed by atoms with E-state index >= 15 is 0 Å². The normalized spacial score (nSPS) is 12.0. The van der Waals surface area contributed by atoms with Gasteiger partial charge in [-0.15, -0.1) is 0 Å². The van der Waals surface area contributed by atoms with Gasteiger partial charge in [-0.1, -0.05) is 36.4 Å². The van der Waals surface area contributed by atoms with Crippen molar-refractivity contribution >= 4 is 16.6 Å². The number of nitrogens with zero attached hydrogens (tertiary/aromatic N) is 2. The molecule has 1 atom stereocenters. The molecule has 0 saturated heterocycles. The largest absolute Gasteiger partial charge is 0.505 e. The first-order valence-electron chi connectivity index (χ1n) is 8.53. The second kappa shape index (κ2) is 6.84. The summed E-state index contributed by atoms with van der Waals surface area (Å²) in [6.45, 7) is 2.05. The van der Waals surface area contributed by atoms with E-state index in [-0.39, 0.29) is 11.8 Å². The number of aromatic nitrogens is 2. The molecule has 0 amide bonds. The van der Waals surface area contributed by atoms with Crippen molar-refractivity contribution in [3.8, 4) is 5.75 Å². The van der Waals surface area contributed by atoms with E-state index in [2.05, 4.69) is 34.3 Å². The first kappa shape index (κ1) is 16.1. The monoisotopic (exact) mass is 341 g/mol. The van der Waals surface area contributed by atoms with Gasteiger partial charge in [0.2, 0.25) is 0 Å². The molecule has 4 nitrogen and oxygen atoms in total. The lowest BCUT2D eigenvalue weighted by Crippen LogP contribution is -2.14. The highest BCUT2D eigenvalue weighted by molar-refractivity contribution is 5.85. The van der Waals surface area contributed by atoms with Gasteiger partial charge in [-0.05, 0) is 42.8 Å². The van der Waals surface area contributed by atoms with Crippen LogP contribution in [0.1, 0.15) is 22.9 Å². The maximum atomic E-state index is 10.9. The van der Waals surface area contributed by atoms with E-state index in [1.54, 1.807) is 12.4 Å². The Morgan fingerprint density at radius 1 is 0.885 bits per heavy atom. The number of nitrogens with one attached hydrogen (secondary N) is 1. The van der Waals surface area contributed by atoms with Gasteiger partial charge in [0.05, 0.1) is 11.7 Å². The molecule has 0 spiro atoms. The van der Waals surface area contributed by atoms with Gasteiger partial charge < -0.3 is 10.4 Å². The second-order valence-electron chi connectivity index (χ2n) is 6.28. The number of aryl methyl sites for hydroxylation is 1. The lowest BCUT2D eigenvalue weighted by molar-refractivity contribution is 0.471. The van der Waals surface area contributed by atoms with Crippen molar-refractivity contribution in [3.63, 3.8) is 0 Å². The van der Waals surface area contributed by atoms with Crippen molar-refractivity contribution in [1.29, 1.82) is 0 Å². The summed E-state index contributed by atoms with van der Waals surface area (Å²) in [5.74, 6) is 0.180. The second-order valence-corrected chi connectivity index (χ2v) is 6.28. The SMILES string of the molecule is Cc1cccc(NC(c2ccccn2)c2ccc3cccnc3c2O)c1. The summed E-state index contributed by atoms with van der Waals surface area (Å²) in [5.41, 5.74) is 4.31. The number of fused-ring (bicyclic) bond motifs is 1. The molecule has 4 rings (SSSR count). The summed E-state index contributed by atoms with van der Waals surface area (Å²) in [6.07, 6.45) is 3.45. The molecule has 2 heterocycles.